The van der Waals surface area contributed by atoms with Gasteiger partial charge < -0.3 is 0 Å². The summed E-state index contributed by atoms with van der Waals surface area (Å²) in [6.07, 6.45) is 0. The Bertz CT molecular complexity index is 355. The molecule has 0 bridgehead atoms. The minimum Gasteiger partial charge on any atom is -0.289 e. The highest BCUT2D eigenvalue weighted by molar-refractivity contribution is 7.80. The molecule has 0 heterocycles. The van der Waals surface area contributed by atoms with Gasteiger partial charge in [-0.1, -0.05) is 12.1 Å². The zero-order chi connectivity index (χ0) is 9.84. The summed E-state index contributed by atoms with van der Waals surface area (Å²) in [6.45, 7) is 0. The number of nitrogens with one attached hydrogen (secondary N) is 1. The van der Waals surface area contributed by atoms with Crippen LogP contribution in [0.3, 0.4) is 0 Å². The van der Waals surface area contributed by atoms with Crippen molar-refractivity contribution >= 4 is 33.8 Å². The lowest BCUT2D eigenvalue weighted by Gasteiger charge is -2.04. The van der Waals surface area contributed by atoms with Gasteiger partial charge in [-0.25, -0.2) is 4.21 Å². The molecule has 2 N–H and O–H groups in total. The molecule has 1 aromatic carbocycles. The Morgan fingerprint density at radius 1 is 1.46 bits per heavy atom. The molecule has 1 unspecified atom stereocenters. The van der Waals surface area contributed by atoms with E-state index in [2.05, 4.69) is 4.72 Å². The third kappa shape index (κ3) is 2.80. The maximum atomic E-state index is 10.8. The Kier molecular flexibility index (Phi) is 3.41. The van der Waals surface area contributed by atoms with Gasteiger partial charge in [-0.3, -0.25) is 14.1 Å². The molecular weight excluding hydrogens is 214 g/mol. The summed E-state index contributed by atoms with van der Waals surface area (Å²) in [7, 11) is 0. The lowest BCUT2D eigenvalue weighted by Crippen LogP contribution is -2.05. The van der Waals surface area contributed by atoms with E-state index in [1.807, 2.05) is 0 Å². The maximum absolute atomic E-state index is 10.8. The highest BCUT2D eigenvalue weighted by atomic mass is 35.5. The van der Waals surface area contributed by atoms with Gasteiger partial charge in [-0.05, 0) is 23.7 Å². The van der Waals surface area contributed by atoms with Gasteiger partial charge in [-0.2, -0.15) is 0 Å². The monoisotopic (exact) mass is 219 g/mol. The van der Waals surface area contributed by atoms with E-state index in [9.17, 15) is 9.00 Å². The topological polar surface area (TPSA) is 66.4 Å². The zero-order valence-electron chi connectivity index (χ0n) is 6.36. The molecule has 0 amide bonds. The summed E-state index contributed by atoms with van der Waals surface area (Å²) in [5.74, 6) is 0. The minimum absolute atomic E-state index is 0.173. The normalized spacial score (nSPS) is 12.2. The molecule has 1 aromatic rings. The molecule has 0 aliphatic carbocycles. The van der Waals surface area contributed by atoms with Crippen molar-refractivity contribution in [2.75, 3.05) is 4.72 Å². The third-order valence-electron chi connectivity index (χ3n) is 1.34. The minimum atomic E-state index is -2.20. The van der Waals surface area contributed by atoms with Gasteiger partial charge in [0.2, 0.25) is 0 Å². The maximum Gasteiger partial charge on any atom is 0.259 e. The predicted molar refractivity (Wildman–Crippen MR) is 51.0 cm³/mol. The van der Waals surface area contributed by atoms with Crippen LogP contribution in [0.2, 0.25) is 0 Å². The van der Waals surface area contributed by atoms with Gasteiger partial charge in [0.05, 0.1) is 11.3 Å². The fourth-order valence-electron chi connectivity index (χ4n) is 0.838. The molecule has 0 aliphatic rings. The molecule has 13 heavy (non-hydrogen) atoms. The van der Waals surface area contributed by atoms with Gasteiger partial charge in [0.25, 0.3) is 16.5 Å². The molecule has 0 aromatic heterocycles. The second-order valence-electron chi connectivity index (χ2n) is 2.17. The first-order chi connectivity index (χ1) is 6.11. The Balaban J connectivity index is 3.04. The van der Waals surface area contributed by atoms with E-state index in [-0.39, 0.29) is 11.3 Å². The van der Waals surface area contributed by atoms with E-state index in [0.29, 0.717) is 0 Å². The number of hydrogen-bond acceptors (Lipinski definition) is 2. The van der Waals surface area contributed by atoms with Crippen LogP contribution in [-0.4, -0.2) is 14.0 Å². The third-order valence-corrected chi connectivity index (χ3v) is 1.93. The van der Waals surface area contributed by atoms with Crippen LogP contribution in [0.4, 0.5) is 5.69 Å². The number of anilines is 1. The van der Waals surface area contributed by atoms with E-state index in [0.717, 1.165) is 0 Å². The number of benzene rings is 1. The van der Waals surface area contributed by atoms with E-state index in [4.69, 9.17) is 16.2 Å². The highest BCUT2D eigenvalue weighted by Crippen LogP contribution is 2.17. The Hall–Kier alpha value is -0.910. The van der Waals surface area contributed by atoms with Gasteiger partial charge in [0.15, 0.2) is 0 Å². The summed E-state index contributed by atoms with van der Waals surface area (Å²) in [5, 5.41) is -0.673. The first-order valence-electron chi connectivity index (χ1n) is 3.27. The summed E-state index contributed by atoms with van der Waals surface area (Å²) < 4.78 is 21.1. The first kappa shape index (κ1) is 10.2. The number of halogens is 1. The van der Waals surface area contributed by atoms with Crippen molar-refractivity contribution in [2.24, 2.45) is 0 Å². The molecule has 0 spiro atoms. The molecule has 4 nitrogen and oxygen atoms in total. The van der Waals surface area contributed by atoms with Crippen molar-refractivity contribution in [3.05, 3.63) is 29.8 Å². The van der Waals surface area contributed by atoms with Crippen LogP contribution in [0.1, 0.15) is 10.4 Å². The number of carbonyl (C=O) groups is 1. The highest BCUT2D eigenvalue weighted by Gasteiger charge is 2.08. The second kappa shape index (κ2) is 4.36. The Morgan fingerprint density at radius 3 is 2.62 bits per heavy atom. The summed E-state index contributed by atoms with van der Waals surface area (Å²) >= 11 is 3.03. The van der Waals surface area contributed by atoms with Crippen molar-refractivity contribution in [2.45, 2.75) is 0 Å². The fraction of sp³-hybridized carbons (Fsp3) is 0. The summed E-state index contributed by atoms with van der Waals surface area (Å²) in [4.78, 5) is 10.8. The molecule has 6 heteroatoms. The van der Waals surface area contributed by atoms with Crippen LogP contribution < -0.4 is 4.72 Å². The van der Waals surface area contributed by atoms with Gasteiger partial charge in [-0.15, -0.1) is 0 Å². The molecule has 0 radical (unpaired) electrons. The molecular formula is C7H6ClNO3S. The van der Waals surface area contributed by atoms with Crippen molar-refractivity contribution in [3.63, 3.8) is 0 Å². The molecule has 0 saturated heterocycles. The summed E-state index contributed by atoms with van der Waals surface area (Å²) in [6, 6.07) is 6.19. The smallest absolute Gasteiger partial charge is 0.259 e. The first-order valence-corrected chi connectivity index (χ1v) is 4.76. The lowest BCUT2D eigenvalue weighted by molar-refractivity contribution is 0.108. The molecule has 70 valence electrons. The number of hydrogen-bond donors (Lipinski definition) is 2. The molecule has 1 rings (SSSR count). The molecule has 0 saturated carbocycles. The largest absolute Gasteiger partial charge is 0.289 e. The number of rotatable bonds is 3. The average molecular weight is 220 g/mol. The number of para-hydroxylation sites is 1. The van der Waals surface area contributed by atoms with Gasteiger partial charge >= 0.3 is 0 Å². The van der Waals surface area contributed by atoms with Crippen LogP contribution in [0, 0.1) is 0 Å². The standard InChI is InChI=1S/C7H6ClNO3S/c8-7(10)5-3-1-2-4-6(5)9-13(11)12/h1-4,9H,(H,11,12). The predicted octanol–water partition coefficient (Wildman–Crippen LogP) is 1.61. The zero-order valence-corrected chi connectivity index (χ0v) is 7.93. The van der Waals surface area contributed by atoms with Crippen molar-refractivity contribution in [3.8, 4) is 0 Å². The lowest BCUT2D eigenvalue weighted by atomic mass is 10.2. The van der Waals surface area contributed by atoms with E-state index in [1.165, 1.54) is 12.1 Å². The Labute approximate surface area is 82.3 Å². The fourth-order valence-corrected chi connectivity index (χ4v) is 1.37. The average Bonchev–Trinajstić information content (AvgIpc) is 2.03. The number of carbonyl (C=O) groups excluding carboxylic acids is 1. The molecule has 1 atom stereocenters. The summed E-state index contributed by atoms with van der Waals surface area (Å²) in [5.41, 5.74) is 0.412. The Morgan fingerprint density at radius 2 is 2.08 bits per heavy atom. The molecule has 0 aliphatic heterocycles. The van der Waals surface area contributed by atoms with Crippen LogP contribution in [-0.2, 0) is 11.3 Å². The quantitative estimate of drug-likeness (QED) is 0.600. The van der Waals surface area contributed by atoms with Crippen LogP contribution in [0.15, 0.2) is 24.3 Å². The van der Waals surface area contributed by atoms with E-state index >= 15 is 0 Å². The van der Waals surface area contributed by atoms with Crippen LogP contribution in [0.25, 0.3) is 0 Å². The van der Waals surface area contributed by atoms with Crippen molar-refractivity contribution in [1.82, 2.24) is 0 Å². The SMILES string of the molecule is O=C(Cl)c1ccccc1NS(=O)O. The van der Waals surface area contributed by atoms with Gasteiger partial charge in [0.1, 0.15) is 0 Å². The van der Waals surface area contributed by atoms with Crippen molar-refractivity contribution in [1.29, 1.82) is 0 Å². The van der Waals surface area contributed by atoms with Crippen molar-refractivity contribution < 1.29 is 13.6 Å². The van der Waals surface area contributed by atoms with Crippen LogP contribution >= 0.6 is 11.6 Å². The van der Waals surface area contributed by atoms with Gasteiger partial charge in [0, 0.05) is 0 Å². The van der Waals surface area contributed by atoms with E-state index < -0.39 is 16.5 Å². The van der Waals surface area contributed by atoms with Crippen LogP contribution in [0.5, 0.6) is 0 Å². The van der Waals surface area contributed by atoms with E-state index in [1.54, 1.807) is 12.1 Å². The molecule has 0 fully saturated rings. The second-order valence-corrected chi connectivity index (χ2v) is 3.22.